The molecule has 5 nitrogen and oxygen atoms in total. The quantitative estimate of drug-likeness (QED) is 0.328. The average molecular weight is 331 g/mol. The van der Waals surface area contributed by atoms with Gasteiger partial charge in [-0.3, -0.25) is 0 Å². The van der Waals surface area contributed by atoms with Crippen molar-refractivity contribution in [2.75, 3.05) is 0 Å². The Kier molecular flexibility index (Phi) is 3.15. The highest BCUT2D eigenvalue weighted by Gasteiger charge is 2.12. The molecule has 1 aromatic heterocycles. The summed E-state index contributed by atoms with van der Waals surface area (Å²) in [4.78, 5) is 0. The summed E-state index contributed by atoms with van der Waals surface area (Å²) in [6, 6.07) is 13.4. The molecule has 0 saturated carbocycles. The molecule has 20 heavy (non-hydrogen) atoms. The number of nitrogens with zero attached hydrogens (tertiary/aromatic N) is 3. The topological polar surface area (TPSA) is 76.4 Å². The van der Waals surface area contributed by atoms with E-state index in [0.29, 0.717) is 5.56 Å². The summed E-state index contributed by atoms with van der Waals surface area (Å²) < 4.78 is 2.66. The average Bonchev–Trinajstić information content (AvgIpc) is 2.90. The molecule has 0 fully saturated rings. The SMILES string of the molecule is N/C(=N/O)c1ccc(Br)cc1-n1ncc2ccccc21. The molecule has 0 saturated heterocycles. The number of para-hydroxylation sites is 1. The normalized spacial score (nSPS) is 11.9. The Morgan fingerprint density at radius 2 is 2.05 bits per heavy atom. The van der Waals surface area contributed by atoms with Crippen LogP contribution in [-0.4, -0.2) is 20.8 Å². The predicted octanol–water partition coefficient (Wildman–Crippen LogP) is 2.88. The lowest BCUT2D eigenvalue weighted by Gasteiger charge is -2.10. The van der Waals surface area contributed by atoms with Gasteiger partial charge in [-0.2, -0.15) is 5.10 Å². The van der Waals surface area contributed by atoms with E-state index in [1.807, 2.05) is 36.4 Å². The number of nitrogens with two attached hydrogens (primary N) is 1. The lowest BCUT2D eigenvalue weighted by Crippen LogP contribution is -2.16. The molecule has 3 aromatic rings. The van der Waals surface area contributed by atoms with Gasteiger partial charge in [-0.1, -0.05) is 39.3 Å². The molecule has 0 aliphatic rings. The lowest BCUT2D eigenvalue weighted by molar-refractivity contribution is 0.318. The third kappa shape index (κ3) is 2.04. The number of fused-ring (bicyclic) bond motifs is 1. The van der Waals surface area contributed by atoms with Gasteiger partial charge in [0.05, 0.1) is 17.4 Å². The number of hydrogen-bond donors (Lipinski definition) is 2. The fourth-order valence-electron chi connectivity index (χ4n) is 2.11. The standard InChI is InChI=1S/C14H11BrN4O/c15-10-5-6-11(14(16)18-20)13(7-10)19-12-4-2-1-3-9(12)8-17-19/h1-8,20H,(H2,16,18). The van der Waals surface area contributed by atoms with E-state index in [1.165, 1.54) is 0 Å². The lowest BCUT2D eigenvalue weighted by atomic mass is 10.1. The van der Waals surface area contributed by atoms with Crippen molar-refractivity contribution in [1.82, 2.24) is 9.78 Å². The van der Waals surface area contributed by atoms with Crippen molar-refractivity contribution in [1.29, 1.82) is 0 Å². The Morgan fingerprint density at radius 1 is 1.25 bits per heavy atom. The van der Waals surface area contributed by atoms with Crippen LogP contribution in [0.15, 0.2) is 58.3 Å². The van der Waals surface area contributed by atoms with E-state index in [2.05, 4.69) is 26.2 Å². The van der Waals surface area contributed by atoms with Crippen LogP contribution in [0.3, 0.4) is 0 Å². The van der Waals surface area contributed by atoms with Crippen molar-refractivity contribution < 1.29 is 5.21 Å². The van der Waals surface area contributed by atoms with Gasteiger partial charge in [0.2, 0.25) is 0 Å². The van der Waals surface area contributed by atoms with Gasteiger partial charge >= 0.3 is 0 Å². The third-order valence-electron chi connectivity index (χ3n) is 3.05. The van der Waals surface area contributed by atoms with E-state index in [0.717, 1.165) is 21.1 Å². The number of oxime groups is 1. The summed E-state index contributed by atoms with van der Waals surface area (Å²) in [5, 5.41) is 17.4. The second-order valence-electron chi connectivity index (χ2n) is 4.26. The van der Waals surface area contributed by atoms with E-state index < -0.39 is 0 Å². The molecule has 0 aliphatic heterocycles. The fraction of sp³-hybridized carbons (Fsp3) is 0. The van der Waals surface area contributed by atoms with Gasteiger partial charge in [0.15, 0.2) is 5.84 Å². The molecule has 6 heteroatoms. The second kappa shape index (κ2) is 4.97. The van der Waals surface area contributed by atoms with Gasteiger partial charge < -0.3 is 10.9 Å². The zero-order valence-electron chi connectivity index (χ0n) is 10.4. The van der Waals surface area contributed by atoms with E-state index in [9.17, 15) is 0 Å². The first-order valence-electron chi connectivity index (χ1n) is 5.91. The molecule has 0 atom stereocenters. The summed E-state index contributed by atoms with van der Waals surface area (Å²) in [7, 11) is 0. The van der Waals surface area contributed by atoms with Crippen LogP contribution in [0.4, 0.5) is 0 Å². The smallest absolute Gasteiger partial charge is 0.172 e. The fourth-order valence-corrected chi connectivity index (χ4v) is 2.46. The highest BCUT2D eigenvalue weighted by atomic mass is 79.9. The molecule has 0 bridgehead atoms. The molecule has 0 aliphatic carbocycles. The van der Waals surface area contributed by atoms with Crippen molar-refractivity contribution in [2.45, 2.75) is 0 Å². The van der Waals surface area contributed by atoms with Gasteiger partial charge in [0, 0.05) is 15.4 Å². The van der Waals surface area contributed by atoms with E-state index in [1.54, 1.807) is 16.9 Å². The van der Waals surface area contributed by atoms with Crippen molar-refractivity contribution in [3.05, 3.63) is 58.7 Å². The van der Waals surface area contributed by atoms with E-state index in [-0.39, 0.29) is 5.84 Å². The maximum atomic E-state index is 8.91. The molecule has 0 spiro atoms. The van der Waals surface area contributed by atoms with Crippen molar-refractivity contribution in [3.63, 3.8) is 0 Å². The van der Waals surface area contributed by atoms with Gasteiger partial charge in [-0.05, 0) is 24.3 Å². The molecule has 100 valence electrons. The molecule has 2 aromatic carbocycles. The highest BCUT2D eigenvalue weighted by Crippen LogP contribution is 2.24. The molecule has 3 N–H and O–H groups in total. The summed E-state index contributed by atoms with van der Waals surface area (Å²) in [6.07, 6.45) is 1.78. The van der Waals surface area contributed by atoms with Crippen molar-refractivity contribution in [3.8, 4) is 5.69 Å². The van der Waals surface area contributed by atoms with Crippen LogP contribution in [0.1, 0.15) is 5.56 Å². The van der Waals surface area contributed by atoms with Crippen LogP contribution in [-0.2, 0) is 0 Å². The molecule has 0 unspecified atom stereocenters. The molecule has 3 rings (SSSR count). The molecule has 1 heterocycles. The van der Waals surface area contributed by atoms with Crippen LogP contribution in [0, 0.1) is 0 Å². The Bertz CT molecular complexity index is 810. The number of aromatic nitrogens is 2. The van der Waals surface area contributed by atoms with Crippen LogP contribution < -0.4 is 5.73 Å². The first-order chi connectivity index (χ1) is 9.70. The number of halogens is 1. The zero-order valence-corrected chi connectivity index (χ0v) is 11.9. The van der Waals surface area contributed by atoms with Gasteiger partial charge in [0.25, 0.3) is 0 Å². The molecular formula is C14H11BrN4O. The molecule has 0 radical (unpaired) electrons. The Hall–Kier alpha value is -2.34. The third-order valence-corrected chi connectivity index (χ3v) is 3.54. The van der Waals surface area contributed by atoms with Gasteiger partial charge in [0.1, 0.15) is 0 Å². The van der Waals surface area contributed by atoms with Crippen LogP contribution in [0.2, 0.25) is 0 Å². The minimum absolute atomic E-state index is 0.0482. The number of hydrogen-bond acceptors (Lipinski definition) is 3. The van der Waals surface area contributed by atoms with Gasteiger partial charge in [-0.15, -0.1) is 0 Å². The highest BCUT2D eigenvalue weighted by molar-refractivity contribution is 9.10. The Labute approximate surface area is 123 Å². The number of rotatable bonds is 2. The maximum absolute atomic E-state index is 8.91. The predicted molar refractivity (Wildman–Crippen MR) is 81.3 cm³/mol. The summed E-state index contributed by atoms with van der Waals surface area (Å²) in [6.45, 7) is 0. The first kappa shape index (κ1) is 12.7. The summed E-state index contributed by atoms with van der Waals surface area (Å²) in [5.41, 5.74) is 8.06. The van der Waals surface area contributed by atoms with E-state index >= 15 is 0 Å². The van der Waals surface area contributed by atoms with Crippen molar-refractivity contribution in [2.24, 2.45) is 10.9 Å². The number of amidine groups is 1. The van der Waals surface area contributed by atoms with Crippen LogP contribution in [0.25, 0.3) is 16.6 Å². The maximum Gasteiger partial charge on any atom is 0.172 e. The minimum atomic E-state index is 0.0482. The monoisotopic (exact) mass is 330 g/mol. The first-order valence-corrected chi connectivity index (χ1v) is 6.70. The van der Waals surface area contributed by atoms with Crippen molar-refractivity contribution >= 4 is 32.7 Å². The summed E-state index contributed by atoms with van der Waals surface area (Å²) in [5.74, 6) is 0.0482. The van der Waals surface area contributed by atoms with Crippen LogP contribution in [0.5, 0.6) is 0 Å². The molecule has 0 amide bonds. The summed E-state index contributed by atoms with van der Waals surface area (Å²) >= 11 is 3.43. The Morgan fingerprint density at radius 3 is 2.85 bits per heavy atom. The zero-order chi connectivity index (χ0) is 14.1. The number of benzene rings is 2. The largest absolute Gasteiger partial charge is 0.409 e. The second-order valence-corrected chi connectivity index (χ2v) is 5.18. The van der Waals surface area contributed by atoms with E-state index in [4.69, 9.17) is 10.9 Å². The molecular weight excluding hydrogens is 320 g/mol. The Balaban J connectivity index is 2.31. The van der Waals surface area contributed by atoms with Gasteiger partial charge in [-0.25, -0.2) is 4.68 Å². The minimum Gasteiger partial charge on any atom is -0.409 e. The van der Waals surface area contributed by atoms with Crippen LogP contribution >= 0.6 is 15.9 Å².